The molecule has 0 aromatic carbocycles. The van der Waals surface area contributed by atoms with E-state index in [1.54, 1.807) is 10.9 Å². The van der Waals surface area contributed by atoms with Gasteiger partial charge in [-0.3, -0.25) is 9.48 Å². The monoisotopic (exact) mass is 263 g/mol. The number of carbonyl (C=O) groups excluding carboxylic acids is 1. The Bertz CT molecular complexity index is 607. The second-order valence-electron chi connectivity index (χ2n) is 4.47. The molecule has 0 fully saturated rings. The minimum atomic E-state index is -1.17. The summed E-state index contributed by atoms with van der Waals surface area (Å²) in [7, 11) is 1.85. The number of primary amides is 1. The Morgan fingerprint density at radius 1 is 1.63 bits per heavy atom. The van der Waals surface area contributed by atoms with Crippen LogP contribution in [-0.4, -0.2) is 38.4 Å². The highest BCUT2D eigenvalue weighted by Gasteiger charge is 2.10. The number of pyridine rings is 1. The maximum atomic E-state index is 10.7. The summed E-state index contributed by atoms with van der Waals surface area (Å²) in [6.45, 7) is 2.55. The summed E-state index contributed by atoms with van der Waals surface area (Å²) >= 11 is 0. The Hall–Kier alpha value is -1.99. The SMILES string of the molecule is Cc1nn(C)c2ncc(CNCC(O)C(N)=O)cc12. The van der Waals surface area contributed by atoms with E-state index in [9.17, 15) is 9.90 Å². The Balaban J connectivity index is 2.06. The Labute approximate surface area is 110 Å². The fraction of sp³-hybridized carbons (Fsp3) is 0.417. The molecule has 102 valence electrons. The average Bonchev–Trinajstić information content (AvgIpc) is 2.64. The number of hydrogen-bond donors (Lipinski definition) is 3. The highest BCUT2D eigenvalue weighted by Crippen LogP contribution is 2.16. The molecule has 0 aliphatic carbocycles. The van der Waals surface area contributed by atoms with Gasteiger partial charge in [0.25, 0.3) is 0 Å². The lowest BCUT2D eigenvalue weighted by Crippen LogP contribution is -2.37. The molecule has 1 unspecified atom stereocenters. The lowest BCUT2D eigenvalue weighted by molar-refractivity contribution is -0.125. The molecule has 19 heavy (non-hydrogen) atoms. The molecule has 1 atom stereocenters. The lowest BCUT2D eigenvalue weighted by Gasteiger charge is -2.08. The van der Waals surface area contributed by atoms with Gasteiger partial charge in [0.1, 0.15) is 6.10 Å². The predicted octanol–water partition coefficient (Wildman–Crippen LogP) is -0.787. The van der Waals surface area contributed by atoms with Crippen molar-refractivity contribution in [3.8, 4) is 0 Å². The minimum Gasteiger partial charge on any atom is -0.382 e. The van der Waals surface area contributed by atoms with Crippen LogP contribution in [0.5, 0.6) is 0 Å². The number of rotatable bonds is 5. The Morgan fingerprint density at radius 3 is 3.05 bits per heavy atom. The van der Waals surface area contributed by atoms with Crippen LogP contribution >= 0.6 is 0 Å². The van der Waals surface area contributed by atoms with Gasteiger partial charge in [-0.05, 0) is 18.6 Å². The van der Waals surface area contributed by atoms with E-state index in [1.165, 1.54) is 0 Å². The highest BCUT2D eigenvalue weighted by atomic mass is 16.3. The maximum absolute atomic E-state index is 10.7. The number of aliphatic hydroxyl groups is 1. The van der Waals surface area contributed by atoms with Crippen molar-refractivity contribution < 1.29 is 9.90 Å². The van der Waals surface area contributed by atoms with Crippen molar-refractivity contribution in [2.24, 2.45) is 12.8 Å². The van der Waals surface area contributed by atoms with Gasteiger partial charge in [0, 0.05) is 31.7 Å². The Kier molecular flexibility index (Phi) is 3.77. The van der Waals surface area contributed by atoms with Crippen LogP contribution in [0.1, 0.15) is 11.3 Å². The highest BCUT2D eigenvalue weighted by molar-refractivity contribution is 5.79. The average molecular weight is 263 g/mol. The molecule has 7 heteroatoms. The van der Waals surface area contributed by atoms with Gasteiger partial charge in [0.15, 0.2) is 5.65 Å². The third-order valence-electron chi connectivity index (χ3n) is 2.91. The standard InChI is InChI=1S/C12H17N5O2/c1-7-9-3-8(4-14-6-10(18)11(13)19)5-15-12(9)17(2)16-7/h3,5,10,14,18H,4,6H2,1-2H3,(H2,13,19). The number of aliphatic hydroxyl groups excluding tert-OH is 1. The lowest BCUT2D eigenvalue weighted by atomic mass is 10.2. The second kappa shape index (κ2) is 5.33. The van der Waals surface area contributed by atoms with Crippen LogP contribution in [0.3, 0.4) is 0 Å². The maximum Gasteiger partial charge on any atom is 0.247 e. The van der Waals surface area contributed by atoms with Gasteiger partial charge < -0.3 is 16.2 Å². The zero-order valence-corrected chi connectivity index (χ0v) is 10.9. The number of aromatic nitrogens is 3. The van der Waals surface area contributed by atoms with Crippen LogP contribution in [0.2, 0.25) is 0 Å². The first kappa shape index (κ1) is 13.4. The van der Waals surface area contributed by atoms with Crippen molar-refractivity contribution in [1.29, 1.82) is 0 Å². The molecule has 1 amide bonds. The molecule has 0 radical (unpaired) electrons. The van der Waals surface area contributed by atoms with Gasteiger partial charge in [0.05, 0.1) is 5.69 Å². The largest absolute Gasteiger partial charge is 0.382 e. The van der Waals surface area contributed by atoms with Crippen molar-refractivity contribution >= 4 is 16.9 Å². The van der Waals surface area contributed by atoms with Crippen LogP contribution in [0, 0.1) is 6.92 Å². The quantitative estimate of drug-likeness (QED) is 0.655. The van der Waals surface area contributed by atoms with Crippen molar-refractivity contribution in [1.82, 2.24) is 20.1 Å². The molecular weight excluding hydrogens is 246 g/mol. The Morgan fingerprint density at radius 2 is 2.37 bits per heavy atom. The van der Waals surface area contributed by atoms with Crippen LogP contribution in [0.25, 0.3) is 11.0 Å². The predicted molar refractivity (Wildman–Crippen MR) is 70.2 cm³/mol. The molecule has 2 heterocycles. The summed E-state index contributed by atoms with van der Waals surface area (Å²) in [4.78, 5) is 15.0. The first-order chi connectivity index (χ1) is 8.99. The van der Waals surface area contributed by atoms with E-state index < -0.39 is 12.0 Å². The van der Waals surface area contributed by atoms with Gasteiger partial charge in [-0.15, -0.1) is 0 Å². The van der Waals surface area contributed by atoms with Crippen molar-refractivity contribution in [3.63, 3.8) is 0 Å². The number of amides is 1. The summed E-state index contributed by atoms with van der Waals surface area (Å²) < 4.78 is 1.73. The molecule has 0 aliphatic heterocycles. The third kappa shape index (κ3) is 2.88. The minimum absolute atomic E-state index is 0.124. The first-order valence-electron chi connectivity index (χ1n) is 5.95. The zero-order valence-electron chi connectivity index (χ0n) is 10.9. The summed E-state index contributed by atoms with van der Waals surface area (Å²) in [6.07, 6.45) is 0.574. The number of nitrogens with two attached hydrogens (primary N) is 1. The molecule has 2 rings (SSSR count). The summed E-state index contributed by atoms with van der Waals surface area (Å²) in [5.41, 5.74) is 7.67. The van der Waals surface area contributed by atoms with Gasteiger partial charge in [-0.25, -0.2) is 4.98 Å². The smallest absolute Gasteiger partial charge is 0.247 e. The topological polar surface area (TPSA) is 106 Å². The van der Waals surface area contributed by atoms with E-state index in [2.05, 4.69) is 15.4 Å². The fourth-order valence-corrected chi connectivity index (χ4v) is 1.90. The van der Waals surface area contributed by atoms with Crippen molar-refractivity contribution in [2.75, 3.05) is 6.54 Å². The molecule has 7 nitrogen and oxygen atoms in total. The third-order valence-corrected chi connectivity index (χ3v) is 2.91. The van der Waals surface area contributed by atoms with E-state index in [4.69, 9.17) is 5.73 Å². The molecular formula is C12H17N5O2. The van der Waals surface area contributed by atoms with E-state index in [0.29, 0.717) is 6.54 Å². The normalized spacial score (nSPS) is 12.8. The van der Waals surface area contributed by atoms with E-state index in [0.717, 1.165) is 22.3 Å². The van der Waals surface area contributed by atoms with Crippen LogP contribution < -0.4 is 11.1 Å². The number of nitrogens with one attached hydrogen (secondary N) is 1. The molecule has 2 aromatic rings. The van der Waals surface area contributed by atoms with Gasteiger partial charge in [-0.2, -0.15) is 5.10 Å². The molecule has 0 spiro atoms. The molecule has 0 saturated carbocycles. The van der Waals surface area contributed by atoms with Crippen molar-refractivity contribution in [3.05, 3.63) is 23.5 Å². The number of fused-ring (bicyclic) bond motifs is 1. The number of carbonyl (C=O) groups is 1. The summed E-state index contributed by atoms with van der Waals surface area (Å²) in [5, 5.41) is 17.5. The van der Waals surface area contributed by atoms with Gasteiger partial charge in [-0.1, -0.05) is 0 Å². The fourth-order valence-electron chi connectivity index (χ4n) is 1.90. The first-order valence-corrected chi connectivity index (χ1v) is 5.95. The molecule has 0 saturated heterocycles. The molecule has 2 aromatic heterocycles. The van der Waals surface area contributed by atoms with Crippen molar-refractivity contribution in [2.45, 2.75) is 19.6 Å². The van der Waals surface area contributed by atoms with E-state index in [1.807, 2.05) is 20.0 Å². The van der Waals surface area contributed by atoms with Gasteiger partial charge >= 0.3 is 0 Å². The van der Waals surface area contributed by atoms with Crippen LogP contribution in [0.15, 0.2) is 12.3 Å². The summed E-state index contributed by atoms with van der Waals surface area (Å²) in [5.74, 6) is -0.732. The van der Waals surface area contributed by atoms with Crippen LogP contribution in [-0.2, 0) is 18.4 Å². The number of hydrogen-bond acceptors (Lipinski definition) is 5. The van der Waals surface area contributed by atoms with E-state index in [-0.39, 0.29) is 6.54 Å². The van der Waals surface area contributed by atoms with Crippen LogP contribution in [0.4, 0.5) is 0 Å². The van der Waals surface area contributed by atoms with Gasteiger partial charge in [0.2, 0.25) is 5.91 Å². The molecule has 0 aliphatic rings. The summed E-state index contributed by atoms with van der Waals surface area (Å²) in [6, 6.07) is 1.99. The number of aryl methyl sites for hydroxylation is 2. The molecule has 0 bridgehead atoms. The number of nitrogens with zero attached hydrogens (tertiary/aromatic N) is 3. The second-order valence-corrected chi connectivity index (χ2v) is 4.47. The van der Waals surface area contributed by atoms with E-state index >= 15 is 0 Å². The molecule has 4 N–H and O–H groups in total. The zero-order chi connectivity index (χ0) is 14.0.